The van der Waals surface area contributed by atoms with Crippen molar-refractivity contribution in [1.82, 2.24) is 19.5 Å². The zero-order chi connectivity index (χ0) is 12.5. The number of fused-ring (bicyclic) bond motifs is 1. The third kappa shape index (κ3) is 1.69. The van der Waals surface area contributed by atoms with Gasteiger partial charge in [0, 0.05) is 13.5 Å². The first-order valence-electron chi connectivity index (χ1n) is 5.71. The summed E-state index contributed by atoms with van der Waals surface area (Å²) in [5.74, 6) is 1.36. The first-order chi connectivity index (χ1) is 8.75. The molecule has 2 heterocycles. The highest BCUT2D eigenvalue weighted by Crippen LogP contribution is 2.18. The molecule has 0 unspecified atom stereocenters. The van der Waals surface area contributed by atoms with Gasteiger partial charge in [-0.25, -0.2) is 15.0 Å². The van der Waals surface area contributed by atoms with E-state index in [1.165, 1.54) is 11.9 Å². The van der Waals surface area contributed by atoms with Crippen molar-refractivity contribution in [3.05, 3.63) is 48.0 Å². The second-order valence-corrected chi connectivity index (χ2v) is 4.18. The minimum atomic E-state index is 0.426. The van der Waals surface area contributed by atoms with E-state index in [0.717, 1.165) is 17.9 Å². The lowest BCUT2D eigenvalue weighted by molar-refractivity contribution is 0.835. The van der Waals surface area contributed by atoms with Crippen LogP contribution in [0.4, 0.5) is 5.82 Å². The number of anilines is 1. The molecule has 0 radical (unpaired) electrons. The predicted octanol–water partition coefficient (Wildman–Crippen LogP) is 1.54. The highest BCUT2D eigenvalue weighted by molar-refractivity contribution is 5.81. The first-order valence-corrected chi connectivity index (χ1v) is 5.71. The molecule has 0 fully saturated rings. The normalized spacial score (nSPS) is 10.9. The Bertz CT molecular complexity index is 687. The molecule has 18 heavy (non-hydrogen) atoms. The van der Waals surface area contributed by atoms with Crippen LogP contribution in [0.5, 0.6) is 0 Å². The number of rotatable bonds is 2. The van der Waals surface area contributed by atoms with Crippen molar-refractivity contribution < 1.29 is 0 Å². The average Bonchev–Trinajstić information content (AvgIpc) is 2.70. The molecule has 0 aliphatic carbocycles. The summed E-state index contributed by atoms with van der Waals surface area (Å²) in [7, 11) is 1.94. The summed E-state index contributed by atoms with van der Waals surface area (Å²) in [5.41, 5.74) is 8.46. The van der Waals surface area contributed by atoms with Gasteiger partial charge < -0.3 is 10.3 Å². The highest BCUT2D eigenvalue weighted by Gasteiger charge is 2.11. The molecule has 0 aliphatic rings. The molecule has 5 nitrogen and oxygen atoms in total. The SMILES string of the molecule is Cn1c(Cc2ccccc2)nc2c(N)ncnc21. The number of aromatic nitrogens is 4. The molecule has 0 bridgehead atoms. The Kier molecular flexibility index (Phi) is 2.44. The zero-order valence-electron chi connectivity index (χ0n) is 10.0. The lowest BCUT2D eigenvalue weighted by Crippen LogP contribution is -1.99. The molecule has 0 atom stereocenters. The second kappa shape index (κ2) is 4.10. The van der Waals surface area contributed by atoms with E-state index >= 15 is 0 Å². The standard InChI is InChI=1S/C13H13N5/c1-18-10(7-9-5-3-2-4-6-9)17-11-12(14)15-8-16-13(11)18/h2-6,8H,7H2,1H3,(H2,14,15,16). The number of nitrogen functional groups attached to an aromatic ring is 1. The molecule has 0 aliphatic heterocycles. The van der Waals surface area contributed by atoms with E-state index in [2.05, 4.69) is 27.1 Å². The van der Waals surface area contributed by atoms with Crippen LogP contribution in [-0.4, -0.2) is 19.5 Å². The summed E-state index contributed by atoms with van der Waals surface area (Å²) in [6, 6.07) is 10.2. The van der Waals surface area contributed by atoms with Gasteiger partial charge in [-0.1, -0.05) is 30.3 Å². The molecule has 2 N–H and O–H groups in total. The fraction of sp³-hybridized carbons (Fsp3) is 0.154. The van der Waals surface area contributed by atoms with Crippen LogP contribution in [0.15, 0.2) is 36.7 Å². The summed E-state index contributed by atoms with van der Waals surface area (Å²) in [6.07, 6.45) is 2.22. The Morgan fingerprint density at radius 2 is 1.94 bits per heavy atom. The van der Waals surface area contributed by atoms with Crippen LogP contribution in [-0.2, 0) is 13.5 Å². The van der Waals surface area contributed by atoms with E-state index in [-0.39, 0.29) is 0 Å². The Morgan fingerprint density at radius 3 is 2.67 bits per heavy atom. The number of aryl methyl sites for hydroxylation is 1. The van der Waals surface area contributed by atoms with Gasteiger partial charge in [-0.3, -0.25) is 0 Å². The Hall–Kier alpha value is -2.43. The maximum atomic E-state index is 5.80. The van der Waals surface area contributed by atoms with Crippen molar-refractivity contribution in [2.24, 2.45) is 7.05 Å². The van der Waals surface area contributed by atoms with E-state index in [1.54, 1.807) is 0 Å². The molecule has 0 saturated carbocycles. The van der Waals surface area contributed by atoms with E-state index in [9.17, 15) is 0 Å². The zero-order valence-corrected chi connectivity index (χ0v) is 10.0. The van der Waals surface area contributed by atoms with Crippen molar-refractivity contribution in [3.8, 4) is 0 Å². The number of benzene rings is 1. The third-order valence-corrected chi connectivity index (χ3v) is 2.98. The molecule has 5 heteroatoms. The molecule has 0 spiro atoms. The lowest BCUT2D eigenvalue weighted by atomic mass is 10.1. The van der Waals surface area contributed by atoms with Crippen molar-refractivity contribution in [2.45, 2.75) is 6.42 Å². The summed E-state index contributed by atoms with van der Waals surface area (Å²) in [4.78, 5) is 12.7. The fourth-order valence-corrected chi connectivity index (χ4v) is 2.00. The summed E-state index contributed by atoms with van der Waals surface area (Å²) in [6.45, 7) is 0. The maximum Gasteiger partial charge on any atom is 0.165 e. The van der Waals surface area contributed by atoms with Crippen LogP contribution in [0.25, 0.3) is 11.2 Å². The van der Waals surface area contributed by atoms with Gasteiger partial charge in [0.25, 0.3) is 0 Å². The average molecular weight is 239 g/mol. The van der Waals surface area contributed by atoms with Gasteiger partial charge in [0.2, 0.25) is 0 Å². The fourth-order valence-electron chi connectivity index (χ4n) is 2.00. The number of nitrogens with two attached hydrogens (primary N) is 1. The summed E-state index contributed by atoms with van der Waals surface area (Å²) < 4.78 is 1.96. The lowest BCUT2D eigenvalue weighted by Gasteiger charge is -2.01. The van der Waals surface area contributed by atoms with Crippen molar-refractivity contribution in [3.63, 3.8) is 0 Å². The van der Waals surface area contributed by atoms with Crippen LogP contribution in [0, 0.1) is 0 Å². The van der Waals surface area contributed by atoms with Gasteiger partial charge in [0.05, 0.1) is 0 Å². The molecular formula is C13H13N5. The number of imidazole rings is 1. The van der Waals surface area contributed by atoms with E-state index in [4.69, 9.17) is 5.73 Å². The number of hydrogen-bond acceptors (Lipinski definition) is 4. The van der Waals surface area contributed by atoms with Crippen LogP contribution < -0.4 is 5.73 Å². The quantitative estimate of drug-likeness (QED) is 0.736. The van der Waals surface area contributed by atoms with Gasteiger partial charge in [0.15, 0.2) is 17.0 Å². The number of nitrogens with zero attached hydrogens (tertiary/aromatic N) is 4. The van der Waals surface area contributed by atoms with Crippen LogP contribution in [0.3, 0.4) is 0 Å². The minimum absolute atomic E-state index is 0.426. The molecule has 3 rings (SSSR count). The van der Waals surface area contributed by atoms with Gasteiger partial charge in [-0.15, -0.1) is 0 Å². The van der Waals surface area contributed by atoms with Gasteiger partial charge in [0.1, 0.15) is 12.2 Å². The van der Waals surface area contributed by atoms with Crippen molar-refractivity contribution in [2.75, 3.05) is 5.73 Å². The Labute approximate surface area is 104 Å². The Balaban J connectivity index is 2.08. The van der Waals surface area contributed by atoms with Crippen molar-refractivity contribution >= 4 is 17.0 Å². The first kappa shape index (κ1) is 10.7. The van der Waals surface area contributed by atoms with E-state index in [1.807, 2.05) is 29.8 Å². The third-order valence-electron chi connectivity index (χ3n) is 2.98. The summed E-state index contributed by atoms with van der Waals surface area (Å²) >= 11 is 0. The number of hydrogen-bond donors (Lipinski definition) is 1. The van der Waals surface area contributed by atoms with Gasteiger partial charge in [-0.05, 0) is 5.56 Å². The van der Waals surface area contributed by atoms with E-state index in [0.29, 0.717) is 11.3 Å². The van der Waals surface area contributed by atoms with Gasteiger partial charge >= 0.3 is 0 Å². The summed E-state index contributed by atoms with van der Waals surface area (Å²) in [5, 5.41) is 0. The van der Waals surface area contributed by atoms with Gasteiger partial charge in [-0.2, -0.15) is 0 Å². The molecule has 2 aromatic heterocycles. The maximum absolute atomic E-state index is 5.80. The van der Waals surface area contributed by atoms with Crippen LogP contribution >= 0.6 is 0 Å². The molecule has 0 amide bonds. The van der Waals surface area contributed by atoms with Crippen LogP contribution in [0.2, 0.25) is 0 Å². The highest BCUT2D eigenvalue weighted by atomic mass is 15.1. The second-order valence-electron chi connectivity index (χ2n) is 4.18. The molecular weight excluding hydrogens is 226 g/mol. The monoisotopic (exact) mass is 239 g/mol. The molecule has 3 aromatic rings. The Morgan fingerprint density at radius 1 is 1.17 bits per heavy atom. The van der Waals surface area contributed by atoms with Crippen LogP contribution in [0.1, 0.15) is 11.4 Å². The minimum Gasteiger partial charge on any atom is -0.382 e. The molecule has 90 valence electrons. The largest absolute Gasteiger partial charge is 0.382 e. The van der Waals surface area contributed by atoms with Crippen molar-refractivity contribution in [1.29, 1.82) is 0 Å². The predicted molar refractivity (Wildman–Crippen MR) is 70.0 cm³/mol. The topological polar surface area (TPSA) is 69.6 Å². The van der Waals surface area contributed by atoms with E-state index < -0.39 is 0 Å². The molecule has 1 aromatic carbocycles. The smallest absolute Gasteiger partial charge is 0.165 e. The molecule has 0 saturated heterocycles.